The maximum absolute atomic E-state index is 13.9. The highest BCUT2D eigenvalue weighted by molar-refractivity contribution is 5.93. The second-order valence-corrected chi connectivity index (χ2v) is 6.44. The van der Waals surface area contributed by atoms with Gasteiger partial charge in [0.2, 0.25) is 0 Å². The topological polar surface area (TPSA) is 61.4 Å². The van der Waals surface area contributed by atoms with Crippen LogP contribution in [0.15, 0.2) is 36.7 Å². The van der Waals surface area contributed by atoms with Crippen LogP contribution in [0.1, 0.15) is 23.3 Å². The van der Waals surface area contributed by atoms with Gasteiger partial charge in [0.05, 0.1) is 5.69 Å². The lowest BCUT2D eigenvalue weighted by Gasteiger charge is -2.36. The Bertz CT molecular complexity index is 772. The first kappa shape index (κ1) is 15.8. The molecule has 0 atom stereocenters. The lowest BCUT2D eigenvalue weighted by molar-refractivity contribution is 0.0740. The molecular formula is C18H20FN5O. The zero-order valence-corrected chi connectivity index (χ0v) is 13.9. The Morgan fingerprint density at radius 1 is 1.12 bits per heavy atom. The molecule has 0 unspecified atom stereocenters. The highest BCUT2D eigenvalue weighted by Crippen LogP contribution is 2.24. The molecule has 130 valence electrons. The van der Waals surface area contributed by atoms with E-state index in [0.29, 0.717) is 49.4 Å². The highest BCUT2D eigenvalue weighted by atomic mass is 19.1. The molecule has 2 heterocycles. The largest absolute Gasteiger partial charge is 0.367 e. The van der Waals surface area contributed by atoms with E-state index in [4.69, 9.17) is 0 Å². The molecule has 0 radical (unpaired) electrons. The maximum Gasteiger partial charge on any atom is 0.272 e. The first-order valence-electron chi connectivity index (χ1n) is 8.58. The molecule has 7 heteroatoms. The monoisotopic (exact) mass is 341 g/mol. The number of para-hydroxylation sites is 1. The van der Waals surface area contributed by atoms with Crippen molar-refractivity contribution in [2.24, 2.45) is 0 Å². The summed E-state index contributed by atoms with van der Waals surface area (Å²) < 4.78 is 13.9. The predicted molar refractivity (Wildman–Crippen MR) is 93.2 cm³/mol. The van der Waals surface area contributed by atoms with Crippen LogP contribution in [0.2, 0.25) is 0 Å². The lowest BCUT2D eigenvalue weighted by Crippen LogP contribution is -2.49. The molecule has 1 aliphatic carbocycles. The minimum absolute atomic E-state index is 0.102. The average Bonchev–Trinajstić information content (AvgIpc) is 3.46. The maximum atomic E-state index is 13.9. The van der Waals surface area contributed by atoms with E-state index in [1.165, 1.54) is 12.4 Å². The fourth-order valence-electron chi connectivity index (χ4n) is 3.01. The van der Waals surface area contributed by atoms with Crippen LogP contribution in [-0.4, -0.2) is 53.0 Å². The van der Waals surface area contributed by atoms with Gasteiger partial charge in [0.15, 0.2) is 0 Å². The third-order valence-electron chi connectivity index (χ3n) is 4.58. The van der Waals surface area contributed by atoms with Crippen LogP contribution in [0.4, 0.5) is 15.9 Å². The highest BCUT2D eigenvalue weighted by Gasteiger charge is 2.25. The van der Waals surface area contributed by atoms with Crippen LogP contribution >= 0.6 is 0 Å². The molecule has 1 N–H and O–H groups in total. The summed E-state index contributed by atoms with van der Waals surface area (Å²) in [7, 11) is 0. The molecule has 1 aromatic carbocycles. The van der Waals surface area contributed by atoms with E-state index in [0.717, 1.165) is 12.8 Å². The molecule has 1 amide bonds. The fourth-order valence-corrected chi connectivity index (χ4v) is 3.01. The van der Waals surface area contributed by atoms with Gasteiger partial charge in [-0.1, -0.05) is 12.1 Å². The zero-order valence-electron chi connectivity index (χ0n) is 13.9. The van der Waals surface area contributed by atoms with E-state index in [1.54, 1.807) is 23.1 Å². The number of nitrogens with zero attached hydrogens (tertiary/aromatic N) is 4. The lowest BCUT2D eigenvalue weighted by atomic mass is 10.2. The number of anilines is 2. The summed E-state index contributed by atoms with van der Waals surface area (Å²) in [5.74, 6) is 0.370. The molecule has 0 spiro atoms. The Morgan fingerprint density at radius 2 is 1.88 bits per heavy atom. The Labute approximate surface area is 145 Å². The van der Waals surface area contributed by atoms with Crippen molar-refractivity contribution in [2.75, 3.05) is 36.4 Å². The number of benzene rings is 1. The molecule has 1 aliphatic heterocycles. The number of aromatic nitrogens is 2. The summed E-state index contributed by atoms with van der Waals surface area (Å²) in [6.07, 6.45) is 3.71. The molecule has 2 fully saturated rings. The molecule has 2 aromatic rings. The standard InChI is InChI=1S/C18H20FN5O/c19-14-3-1-2-4-16(14)23-7-9-24(10-8-23)18(25)15-11-17(21-12-20-15)22-13-5-6-13/h1-4,11-13H,5-10H2,(H,20,21,22). The number of nitrogens with one attached hydrogen (secondary N) is 1. The molecule has 4 rings (SSSR count). The number of amides is 1. The Kier molecular flexibility index (Phi) is 4.21. The summed E-state index contributed by atoms with van der Waals surface area (Å²) in [4.78, 5) is 24.7. The van der Waals surface area contributed by atoms with Gasteiger partial charge >= 0.3 is 0 Å². The van der Waals surface area contributed by atoms with E-state index in [9.17, 15) is 9.18 Å². The SMILES string of the molecule is O=C(c1cc(NC2CC2)ncn1)N1CCN(c2ccccc2F)CC1. The summed E-state index contributed by atoms with van der Waals surface area (Å²) in [5, 5.41) is 3.28. The van der Waals surface area contributed by atoms with E-state index >= 15 is 0 Å². The van der Waals surface area contributed by atoms with Crippen molar-refractivity contribution in [3.05, 3.63) is 48.2 Å². The van der Waals surface area contributed by atoms with Crippen LogP contribution < -0.4 is 10.2 Å². The van der Waals surface area contributed by atoms with Crippen molar-refractivity contribution < 1.29 is 9.18 Å². The summed E-state index contributed by atoms with van der Waals surface area (Å²) in [6, 6.07) is 8.92. The van der Waals surface area contributed by atoms with Gasteiger partial charge in [0, 0.05) is 38.3 Å². The van der Waals surface area contributed by atoms with Gasteiger partial charge in [-0.15, -0.1) is 0 Å². The molecule has 1 saturated carbocycles. The molecule has 2 aliphatic rings. The third-order valence-corrected chi connectivity index (χ3v) is 4.58. The number of piperazine rings is 1. The van der Waals surface area contributed by atoms with Crippen molar-refractivity contribution in [1.82, 2.24) is 14.9 Å². The number of hydrogen-bond acceptors (Lipinski definition) is 5. The van der Waals surface area contributed by atoms with Crippen LogP contribution in [0.3, 0.4) is 0 Å². The number of rotatable bonds is 4. The second kappa shape index (κ2) is 6.66. The number of hydrogen-bond donors (Lipinski definition) is 1. The van der Waals surface area contributed by atoms with Crippen LogP contribution in [-0.2, 0) is 0 Å². The van der Waals surface area contributed by atoms with E-state index < -0.39 is 0 Å². The van der Waals surface area contributed by atoms with Gasteiger partial charge in [-0.25, -0.2) is 14.4 Å². The fraction of sp³-hybridized carbons (Fsp3) is 0.389. The number of carbonyl (C=O) groups is 1. The van der Waals surface area contributed by atoms with E-state index in [1.807, 2.05) is 11.0 Å². The zero-order chi connectivity index (χ0) is 17.2. The van der Waals surface area contributed by atoms with Crippen molar-refractivity contribution in [3.63, 3.8) is 0 Å². The minimum Gasteiger partial charge on any atom is -0.367 e. The quantitative estimate of drug-likeness (QED) is 0.923. The Morgan fingerprint density at radius 3 is 2.60 bits per heavy atom. The predicted octanol–water partition coefficient (Wildman–Crippen LogP) is 2.15. The number of halogens is 1. The molecular weight excluding hydrogens is 321 g/mol. The normalized spacial score (nSPS) is 17.5. The van der Waals surface area contributed by atoms with E-state index in [2.05, 4.69) is 15.3 Å². The van der Waals surface area contributed by atoms with Crippen molar-refractivity contribution in [1.29, 1.82) is 0 Å². The minimum atomic E-state index is -0.228. The van der Waals surface area contributed by atoms with Gasteiger partial charge in [0.25, 0.3) is 5.91 Å². The van der Waals surface area contributed by atoms with Crippen LogP contribution in [0.25, 0.3) is 0 Å². The summed E-state index contributed by atoms with van der Waals surface area (Å²) >= 11 is 0. The Balaban J connectivity index is 1.40. The molecule has 6 nitrogen and oxygen atoms in total. The van der Waals surface area contributed by atoms with Gasteiger partial charge < -0.3 is 15.1 Å². The average molecular weight is 341 g/mol. The smallest absolute Gasteiger partial charge is 0.272 e. The van der Waals surface area contributed by atoms with Gasteiger partial charge in [-0.3, -0.25) is 4.79 Å². The summed E-state index contributed by atoms with van der Waals surface area (Å²) in [5.41, 5.74) is 0.991. The van der Waals surface area contributed by atoms with Crippen molar-refractivity contribution >= 4 is 17.4 Å². The Hall–Kier alpha value is -2.70. The first-order valence-corrected chi connectivity index (χ1v) is 8.58. The molecule has 25 heavy (non-hydrogen) atoms. The molecule has 1 aromatic heterocycles. The van der Waals surface area contributed by atoms with Gasteiger partial charge in [-0.2, -0.15) is 0 Å². The molecule has 0 bridgehead atoms. The van der Waals surface area contributed by atoms with Gasteiger partial charge in [-0.05, 0) is 25.0 Å². The summed E-state index contributed by atoms with van der Waals surface area (Å²) in [6.45, 7) is 2.29. The third kappa shape index (κ3) is 3.55. The van der Waals surface area contributed by atoms with Crippen LogP contribution in [0, 0.1) is 5.82 Å². The first-order chi connectivity index (χ1) is 12.2. The van der Waals surface area contributed by atoms with Crippen molar-refractivity contribution in [2.45, 2.75) is 18.9 Å². The number of carbonyl (C=O) groups excluding carboxylic acids is 1. The molecule has 1 saturated heterocycles. The van der Waals surface area contributed by atoms with E-state index in [-0.39, 0.29) is 11.7 Å². The van der Waals surface area contributed by atoms with Crippen molar-refractivity contribution in [3.8, 4) is 0 Å². The van der Waals surface area contributed by atoms with Gasteiger partial charge in [0.1, 0.15) is 23.7 Å². The van der Waals surface area contributed by atoms with Crippen LogP contribution in [0.5, 0.6) is 0 Å². The second-order valence-electron chi connectivity index (χ2n) is 6.44.